The molecule has 0 bridgehead atoms. The van der Waals surface area contributed by atoms with Crippen molar-refractivity contribution in [3.63, 3.8) is 0 Å². The Morgan fingerprint density at radius 2 is 1.80 bits per heavy atom. The lowest BCUT2D eigenvalue weighted by Gasteiger charge is -2.25. The van der Waals surface area contributed by atoms with Crippen molar-refractivity contribution in [1.29, 1.82) is 0 Å². The first-order chi connectivity index (χ1) is 16.9. The highest BCUT2D eigenvalue weighted by molar-refractivity contribution is 7.89. The number of fused-ring (bicyclic) bond motifs is 1. The van der Waals surface area contributed by atoms with Gasteiger partial charge in [-0.3, -0.25) is 9.78 Å². The van der Waals surface area contributed by atoms with Gasteiger partial charge < -0.3 is 10.1 Å². The van der Waals surface area contributed by atoms with Gasteiger partial charge in [0.1, 0.15) is 0 Å². The molecule has 1 aliphatic heterocycles. The second-order valence-corrected chi connectivity index (χ2v) is 10.2. The van der Waals surface area contributed by atoms with Gasteiger partial charge in [-0.05, 0) is 35.9 Å². The molecule has 4 heterocycles. The summed E-state index contributed by atoms with van der Waals surface area (Å²) in [5.74, 6) is -0.330. The molecule has 180 valence electrons. The van der Waals surface area contributed by atoms with E-state index in [0.29, 0.717) is 53.4 Å². The monoisotopic (exact) mass is 512 g/mol. The molecule has 1 amide bonds. The maximum absolute atomic E-state index is 12.9. The van der Waals surface area contributed by atoms with E-state index in [9.17, 15) is 13.2 Å². The number of nitrogens with one attached hydrogen (secondary N) is 1. The molecule has 12 heteroatoms. The van der Waals surface area contributed by atoms with Gasteiger partial charge in [0.25, 0.3) is 15.9 Å². The number of carbonyl (C=O) groups is 1. The Bertz CT molecular complexity index is 1470. The van der Waals surface area contributed by atoms with Crippen molar-refractivity contribution in [2.45, 2.75) is 11.6 Å². The van der Waals surface area contributed by atoms with Crippen molar-refractivity contribution in [1.82, 2.24) is 29.4 Å². The molecule has 5 rings (SSSR count). The Balaban J connectivity index is 1.30. The predicted octanol–water partition coefficient (Wildman–Crippen LogP) is 2.42. The molecule has 10 nitrogen and oxygen atoms in total. The van der Waals surface area contributed by atoms with Crippen LogP contribution in [-0.2, 0) is 21.3 Å². The molecule has 4 aromatic rings. The van der Waals surface area contributed by atoms with Gasteiger partial charge in [0.2, 0.25) is 0 Å². The molecule has 1 saturated heterocycles. The maximum Gasteiger partial charge on any atom is 0.260 e. The lowest BCUT2D eigenvalue weighted by Crippen LogP contribution is -2.40. The largest absolute Gasteiger partial charge is 0.379 e. The summed E-state index contributed by atoms with van der Waals surface area (Å²) in [7, 11) is -3.67. The Hall–Kier alpha value is -3.38. The van der Waals surface area contributed by atoms with Crippen LogP contribution in [0.1, 0.15) is 15.9 Å². The lowest BCUT2D eigenvalue weighted by atomic mass is 10.1. The first kappa shape index (κ1) is 23.4. The summed E-state index contributed by atoms with van der Waals surface area (Å²) in [5.41, 5.74) is 2.51. The summed E-state index contributed by atoms with van der Waals surface area (Å²) in [6, 6.07) is 10.3. The molecule has 1 aromatic carbocycles. The second-order valence-electron chi connectivity index (χ2n) is 7.86. The Morgan fingerprint density at radius 1 is 1.03 bits per heavy atom. The summed E-state index contributed by atoms with van der Waals surface area (Å²) < 4.78 is 33.7. The van der Waals surface area contributed by atoms with Crippen LogP contribution in [0.2, 0.25) is 5.02 Å². The van der Waals surface area contributed by atoms with Gasteiger partial charge in [-0.1, -0.05) is 17.7 Å². The summed E-state index contributed by atoms with van der Waals surface area (Å²) in [6.07, 6.45) is 6.20. The molecule has 0 unspecified atom stereocenters. The number of ether oxygens (including phenoxy) is 1. The Labute approximate surface area is 206 Å². The summed E-state index contributed by atoms with van der Waals surface area (Å²) in [5, 5.41) is 8.47. The van der Waals surface area contributed by atoms with Crippen LogP contribution in [0, 0.1) is 0 Å². The van der Waals surface area contributed by atoms with Crippen LogP contribution in [-0.4, -0.2) is 64.7 Å². The molecule has 1 fully saturated rings. The number of rotatable bonds is 6. The number of morpholine rings is 1. The van der Waals surface area contributed by atoms with E-state index in [1.807, 2.05) is 12.1 Å². The third-order valence-electron chi connectivity index (χ3n) is 5.64. The number of amides is 1. The van der Waals surface area contributed by atoms with Crippen LogP contribution >= 0.6 is 11.6 Å². The zero-order chi connectivity index (χ0) is 24.4. The van der Waals surface area contributed by atoms with E-state index in [0.717, 1.165) is 5.69 Å². The molecular weight excluding hydrogens is 492 g/mol. The highest BCUT2D eigenvalue weighted by Gasteiger charge is 2.27. The van der Waals surface area contributed by atoms with Gasteiger partial charge >= 0.3 is 0 Å². The summed E-state index contributed by atoms with van der Waals surface area (Å²) >= 11 is 5.97. The molecule has 0 atom stereocenters. The average Bonchev–Trinajstić information content (AvgIpc) is 3.33. The van der Waals surface area contributed by atoms with Gasteiger partial charge in [0.05, 0.1) is 42.4 Å². The normalized spacial score (nSPS) is 14.8. The fraction of sp³-hybridized carbons (Fsp3) is 0.217. The van der Waals surface area contributed by atoms with Crippen LogP contribution in [0.4, 0.5) is 0 Å². The third-order valence-corrected chi connectivity index (χ3v) is 7.70. The van der Waals surface area contributed by atoms with Crippen molar-refractivity contribution in [3.05, 3.63) is 77.3 Å². The van der Waals surface area contributed by atoms with Gasteiger partial charge in [0, 0.05) is 42.4 Å². The fourth-order valence-electron chi connectivity index (χ4n) is 3.78. The third kappa shape index (κ3) is 4.76. The number of pyridine rings is 2. The van der Waals surface area contributed by atoms with E-state index in [4.69, 9.17) is 16.3 Å². The van der Waals surface area contributed by atoms with Crippen molar-refractivity contribution >= 4 is 38.4 Å². The summed E-state index contributed by atoms with van der Waals surface area (Å²) in [6.45, 7) is 1.50. The first-order valence-corrected chi connectivity index (χ1v) is 12.6. The average molecular weight is 513 g/mol. The minimum Gasteiger partial charge on any atom is -0.379 e. The van der Waals surface area contributed by atoms with E-state index in [1.165, 1.54) is 22.8 Å². The zero-order valence-electron chi connectivity index (χ0n) is 18.5. The number of aromatic nitrogens is 4. The molecular formula is C23H21ClN6O4S. The van der Waals surface area contributed by atoms with Gasteiger partial charge in [0.15, 0.2) is 5.03 Å². The van der Waals surface area contributed by atoms with Crippen LogP contribution in [0.25, 0.3) is 16.6 Å². The molecule has 1 N–H and O–H groups in total. The predicted molar refractivity (Wildman–Crippen MR) is 129 cm³/mol. The molecule has 35 heavy (non-hydrogen) atoms. The number of halogens is 1. The number of carbonyl (C=O) groups excluding carboxylic acids is 1. The maximum atomic E-state index is 12.9. The number of hydrogen-bond donors (Lipinski definition) is 1. The van der Waals surface area contributed by atoms with E-state index in [1.54, 1.807) is 35.3 Å². The molecule has 0 aliphatic carbocycles. The summed E-state index contributed by atoms with van der Waals surface area (Å²) in [4.78, 5) is 21.2. The molecule has 3 aromatic heterocycles. The molecule has 1 aliphatic rings. The van der Waals surface area contributed by atoms with E-state index >= 15 is 0 Å². The minimum atomic E-state index is -3.67. The van der Waals surface area contributed by atoms with Gasteiger partial charge in [-0.2, -0.15) is 9.40 Å². The van der Waals surface area contributed by atoms with Gasteiger partial charge in [-0.25, -0.2) is 18.1 Å². The van der Waals surface area contributed by atoms with Crippen LogP contribution in [0.5, 0.6) is 0 Å². The van der Waals surface area contributed by atoms with Gasteiger partial charge in [-0.15, -0.1) is 0 Å². The van der Waals surface area contributed by atoms with Crippen molar-refractivity contribution < 1.29 is 17.9 Å². The van der Waals surface area contributed by atoms with Crippen molar-refractivity contribution in [2.24, 2.45) is 0 Å². The number of benzene rings is 1. The van der Waals surface area contributed by atoms with E-state index in [2.05, 4.69) is 20.4 Å². The number of hydrogen-bond acceptors (Lipinski definition) is 7. The molecule has 0 saturated carbocycles. The van der Waals surface area contributed by atoms with Crippen LogP contribution in [0.3, 0.4) is 0 Å². The Morgan fingerprint density at radius 3 is 2.51 bits per heavy atom. The number of sulfonamides is 1. The van der Waals surface area contributed by atoms with Crippen LogP contribution < -0.4 is 5.32 Å². The first-order valence-electron chi connectivity index (χ1n) is 10.8. The van der Waals surface area contributed by atoms with E-state index < -0.39 is 10.0 Å². The second kappa shape index (κ2) is 9.70. The SMILES string of the molecule is O=C(NCc1ccc(S(=O)(=O)N2CCOCC2)nc1)c1cncc2c1cnn2-c1ccc(Cl)cc1. The fourth-order valence-corrected chi connectivity index (χ4v) is 5.22. The smallest absolute Gasteiger partial charge is 0.260 e. The zero-order valence-corrected chi connectivity index (χ0v) is 20.0. The number of nitrogens with zero attached hydrogens (tertiary/aromatic N) is 5. The van der Waals surface area contributed by atoms with E-state index in [-0.39, 0.29) is 17.5 Å². The van der Waals surface area contributed by atoms with Crippen LogP contribution in [0.15, 0.2) is 66.2 Å². The Kier molecular flexibility index (Phi) is 6.48. The van der Waals surface area contributed by atoms with Crippen molar-refractivity contribution in [3.8, 4) is 5.69 Å². The van der Waals surface area contributed by atoms with Crippen molar-refractivity contribution in [2.75, 3.05) is 26.3 Å². The molecule has 0 spiro atoms. The minimum absolute atomic E-state index is 0.0296. The molecule has 0 radical (unpaired) electrons. The topological polar surface area (TPSA) is 119 Å². The lowest BCUT2D eigenvalue weighted by molar-refractivity contribution is 0.0729. The quantitative estimate of drug-likeness (QED) is 0.421. The highest BCUT2D eigenvalue weighted by Crippen LogP contribution is 2.22. The standard InChI is InChI=1S/C23H21ClN6O4S/c24-17-2-4-18(5-3-17)30-21-15-25-13-20(19(21)14-28-30)23(31)27-12-16-1-6-22(26-11-16)35(32,33)29-7-9-34-10-8-29/h1-6,11,13-15H,7-10,12H2,(H,27,31). The highest BCUT2D eigenvalue weighted by atomic mass is 35.5.